The number of rotatable bonds is 6. The smallest absolute Gasteiger partial charge is 0.396 e. The number of hydrogen-bond donors (Lipinski definition) is 2. The van der Waals surface area contributed by atoms with E-state index in [9.17, 15) is 23.1 Å². The van der Waals surface area contributed by atoms with Gasteiger partial charge >= 0.3 is 6.18 Å². The molecule has 3 aromatic carbocycles. The van der Waals surface area contributed by atoms with Crippen molar-refractivity contribution in [3.05, 3.63) is 95.8 Å². The zero-order chi connectivity index (χ0) is 24.5. The van der Waals surface area contributed by atoms with Gasteiger partial charge in [0, 0.05) is 28.9 Å². The summed E-state index contributed by atoms with van der Waals surface area (Å²) in [5, 5.41) is 9.61. The van der Waals surface area contributed by atoms with Crippen molar-refractivity contribution in [1.82, 2.24) is 9.55 Å². The second kappa shape index (κ2) is 9.15. The summed E-state index contributed by atoms with van der Waals surface area (Å²) in [6.07, 6.45) is -2.92. The molecule has 0 aliphatic rings. The van der Waals surface area contributed by atoms with E-state index in [1.54, 1.807) is 54.1 Å². The third-order valence-electron chi connectivity index (χ3n) is 5.58. The Labute approximate surface area is 194 Å². The van der Waals surface area contributed by atoms with Gasteiger partial charge in [-0.05, 0) is 41.5 Å². The van der Waals surface area contributed by atoms with Gasteiger partial charge in [-0.15, -0.1) is 0 Å². The molecule has 0 bridgehead atoms. The summed E-state index contributed by atoms with van der Waals surface area (Å²) in [6, 6.07) is 19.2. The fraction of sp³-hybridized carbons (Fsp3) is 0.154. The standard InChI is InChI=1S/C26H22F3N3O2/c1-16(15-33)23-14-32(25(31-23)21-10-2-3-11-22(21)26(27,28)29)20-9-5-7-18(13-20)17-6-4-8-19(12-17)24(30)34/h2-14,16,33H,15H2,1H3,(H2,30,34). The van der Waals surface area contributed by atoms with Gasteiger partial charge in [0.1, 0.15) is 5.82 Å². The summed E-state index contributed by atoms with van der Waals surface area (Å²) in [6.45, 7) is 1.55. The van der Waals surface area contributed by atoms with E-state index in [1.807, 2.05) is 12.1 Å². The van der Waals surface area contributed by atoms with Crippen LogP contribution < -0.4 is 5.73 Å². The van der Waals surface area contributed by atoms with Crippen LogP contribution in [0.4, 0.5) is 13.2 Å². The van der Waals surface area contributed by atoms with E-state index < -0.39 is 17.6 Å². The van der Waals surface area contributed by atoms with Crippen molar-refractivity contribution in [2.24, 2.45) is 5.73 Å². The maximum atomic E-state index is 13.8. The lowest BCUT2D eigenvalue weighted by atomic mass is 10.0. The first-order valence-corrected chi connectivity index (χ1v) is 10.6. The van der Waals surface area contributed by atoms with Gasteiger partial charge in [0.2, 0.25) is 5.91 Å². The number of imidazole rings is 1. The first kappa shape index (κ1) is 23.3. The molecular formula is C26H22F3N3O2. The summed E-state index contributed by atoms with van der Waals surface area (Å²) < 4.78 is 42.9. The number of carbonyl (C=O) groups excluding carboxylic acids is 1. The normalized spacial score (nSPS) is 12.5. The Kier molecular flexibility index (Phi) is 6.26. The van der Waals surface area contributed by atoms with Crippen LogP contribution in [-0.4, -0.2) is 27.2 Å². The molecule has 0 saturated carbocycles. The van der Waals surface area contributed by atoms with Gasteiger partial charge in [-0.2, -0.15) is 13.2 Å². The number of hydrogen-bond acceptors (Lipinski definition) is 3. The van der Waals surface area contributed by atoms with Crippen molar-refractivity contribution < 1.29 is 23.1 Å². The largest absolute Gasteiger partial charge is 0.417 e. The van der Waals surface area contributed by atoms with Crippen molar-refractivity contribution in [2.45, 2.75) is 19.0 Å². The third kappa shape index (κ3) is 4.58. The topological polar surface area (TPSA) is 81.1 Å². The van der Waals surface area contributed by atoms with E-state index in [0.717, 1.165) is 17.2 Å². The lowest BCUT2D eigenvalue weighted by Crippen LogP contribution is -2.10. The van der Waals surface area contributed by atoms with Gasteiger partial charge in [0.25, 0.3) is 0 Å². The predicted octanol–water partition coefficient (Wildman–Crippen LogP) is 5.42. The predicted molar refractivity (Wildman–Crippen MR) is 123 cm³/mol. The lowest BCUT2D eigenvalue weighted by Gasteiger charge is -2.15. The van der Waals surface area contributed by atoms with E-state index >= 15 is 0 Å². The molecule has 0 aliphatic carbocycles. The fourth-order valence-corrected chi connectivity index (χ4v) is 3.73. The highest BCUT2D eigenvalue weighted by Crippen LogP contribution is 2.38. The summed E-state index contributed by atoms with van der Waals surface area (Å²) in [5.41, 5.74) is 7.42. The van der Waals surface area contributed by atoms with Crippen molar-refractivity contribution in [3.63, 3.8) is 0 Å². The number of alkyl halides is 3. The van der Waals surface area contributed by atoms with Gasteiger partial charge in [-0.1, -0.05) is 49.4 Å². The van der Waals surface area contributed by atoms with Gasteiger partial charge in [-0.25, -0.2) is 4.98 Å². The first-order chi connectivity index (χ1) is 16.2. The second-order valence-corrected chi connectivity index (χ2v) is 7.98. The Morgan fingerprint density at radius 1 is 1.03 bits per heavy atom. The van der Waals surface area contributed by atoms with Crippen molar-refractivity contribution in [1.29, 1.82) is 0 Å². The van der Waals surface area contributed by atoms with Crippen LogP contribution in [0.3, 0.4) is 0 Å². The van der Waals surface area contributed by atoms with E-state index in [4.69, 9.17) is 5.73 Å². The van der Waals surface area contributed by atoms with Gasteiger partial charge in [-0.3, -0.25) is 9.36 Å². The number of amides is 1. The third-order valence-corrected chi connectivity index (χ3v) is 5.58. The SMILES string of the molecule is CC(CO)c1cn(-c2cccc(-c3cccc(C(N)=O)c3)c2)c(-c2ccccc2C(F)(F)F)n1. The minimum Gasteiger partial charge on any atom is -0.396 e. The van der Waals surface area contributed by atoms with E-state index in [1.165, 1.54) is 18.2 Å². The van der Waals surface area contributed by atoms with Crippen LogP contribution in [0, 0.1) is 0 Å². The number of benzene rings is 3. The monoisotopic (exact) mass is 465 g/mol. The molecule has 174 valence electrons. The molecule has 1 heterocycles. The van der Waals surface area contributed by atoms with E-state index in [0.29, 0.717) is 16.9 Å². The summed E-state index contributed by atoms with van der Waals surface area (Å²) in [7, 11) is 0. The Morgan fingerprint density at radius 2 is 1.71 bits per heavy atom. The molecule has 1 unspecified atom stereocenters. The quantitative estimate of drug-likeness (QED) is 0.399. The van der Waals surface area contributed by atoms with Gasteiger partial charge in [0.05, 0.1) is 17.9 Å². The molecule has 1 amide bonds. The lowest BCUT2D eigenvalue weighted by molar-refractivity contribution is -0.137. The molecule has 34 heavy (non-hydrogen) atoms. The molecule has 0 radical (unpaired) electrons. The molecule has 5 nitrogen and oxygen atoms in total. The first-order valence-electron chi connectivity index (χ1n) is 10.6. The molecule has 0 fully saturated rings. The molecule has 8 heteroatoms. The average Bonchev–Trinajstić information content (AvgIpc) is 3.28. The van der Waals surface area contributed by atoms with Gasteiger partial charge in [0.15, 0.2) is 0 Å². The van der Waals surface area contributed by atoms with Crippen molar-refractivity contribution >= 4 is 5.91 Å². The van der Waals surface area contributed by atoms with Crippen LogP contribution in [0.1, 0.15) is 34.5 Å². The summed E-state index contributed by atoms with van der Waals surface area (Å²) in [5.74, 6) is -0.805. The Bertz CT molecular complexity index is 1350. The molecular weight excluding hydrogens is 443 g/mol. The highest BCUT2D eigenvalue weighted by molar-refractivity contribution is 5.94. The number of carbonyl (C=O) groups is 1. The number of primary amides is 1. The van der Waals surface area contributed by atoms with E-state index in [-0.39, 0.29) is 23.9 Å². The minimum absolute atomic E-state index is 0.0625. The Hall–Kier alpha value is -3.91. The molecule has 1 atom stereocenters. The van der Waals surface area contributed by atoms with Crippen LogP contribution in [0.2, 0.25) is 0 Å². The Morgan fingerprint density at radius 3 is 2.38 bits per heavy atom. The number of aliphatic hydroxyl groups is 1. The molecule has 4 rings (SSSR count). The van der Waals surface area contributed by atoms with Crippen LogP contribution in [0.15, 0.2) is 79.0 Å². The van der Waals surface area contributed by atoms with Crippen LogP contribution in [-0.2, 0) is 6.18 Å². The highest BCUT2D eigenvalue weighted by atomic mass is 19.4. The van der Waals surface area contributed by atoms with Gasteiger partial charge < -0.3 is 10.8 Å². The number of aliphatic hydroxyl groups excluding tert-OH is 1. The average molecular weight is 465 g/mol. The van der Waals surface area contributed by atoms with Crippen LogP contribution >= 0.6 is 0 Å². The maximum Gasteiger partial charge on any atom is 0.417 e. The Balaban J connectivity index is 1.90. The molecule has 0 aliphatic heterocycles. The number of nitrogens with zero attached hydrogens (tertiary/aromatic N) is 2. The molecule has 1 aromatic heterocycles. The molecule has 3 N–H and O–H groups in total. The summed E-state index contributed by atoms with van der Waals surface area (Å²) in [4.78, 5) is 16.1. The fourth-order valence-electron chi connectivity index (χ4n) is 3.73. The number of aromatic nitrogens is 2. The van der Waals surface area contributed by atoms with Crippen LogP contribution in [0.5, 0.6) is 0 Å². The van der Waals surface area contributed by atoms with Crippen molar-refractivity contribution in [2.75, 3.05) is 6.61 Å². The zero-order valence-electron chi connectivity index (χ0n) is 18.3. The highest BCUT2D eigenvalue weighted by Gasteiger charge is 2.34. The second-order valence-electron chi connectivity index (χ2n) is 7.98. The zero-order valence-corrected chi connectivity index (χ0v) is 18.3. The van der Waals surface area contributed by atoms with Crippen LogP contribution in [0.25, 0.3) is 28.2 Å². The molecule has 0 saturated heterocycles. The number of nitrogens with two attached hydrogens (primary N) is 1. The van der Waals surface area contributed by atoms with E-state index in [2.05, 4.69) is 4.98 Å². The molecule has 4 aromatic rings. The number of halogens is 3. The molecule has 0 spiro atoms. The summed E-state index contributed by atoms with van der Waals surface area (Å²) >= 11 is 0. The van der Waals surface area contributed by atoms with Crippen molar-refractivity contribution in [3.8, 4) is 28.2 Å². The minimum atomic E-state index is -4.56. The maximum absolute atomic E-state index is 13.8.